The smallest absolute Gasteiger partial charge is 0.227 e. The average molecular weight is 259 g/mol. The Hall–Kier alpha value is -2.30. The van der Waals surface area contributed by atoms with E-state index in [1.807, 2.05) is 32.0 Å². The summed E-state index contributed by atoms with van der Waals surface area (Å²) in [6.45, 7) is 4.02. The van der Waals surface area contributed by atoms with Gasteiger partial charge in [-0.3, -0.25) is 4.79 Å². The van der Waals surface area contributed by atoms with Crippen LogP contribution in [0.1, 0.15) is 29.9 Å². The van der Waals surface area contributed by atoms with Crippen molar-refractivity contribution >= 4 is 11.6 Å². The molecule has 0 saturated carbocycles. The zero-order valence-electron chi connectivity index (χ0n) is 11.0. The van der Waals surface area contributed by atoms with Gasteiger partial charge in [0.2, 0.25) is 5.91 Å². The molecule has 0 aliphatic carbocycles. The third kappa shape index (κ3) is 3.34. The molecular formula is C14H17N3O2. The van der Waals surface area contributed by atoms with E-state index in [0.29, 0.717) is 17.9 Å². The number of benzene rings is 1. The van der Waals surface area contributed by atoms with E-state index in [-0.39, 0.29) is 11.8 Å². The maximum Gasteiger partial charge on any atom is 0.227 e. The Morgan fingerprint density at radius 1 is 1.47 bits per heavy atom. The number of nitrogen functional groups attached to an aromatic ring is 1. The molecular weight excluding hydrogens is 242 g/mol. The van der Waals surface area contributed by atoms with Crippen molar-refractivity contribution in [2.24, 2.45) is 0 Å². The van der Waals surface area contributed by atoms with E-state index in [4.69, 9.17) is 10.3 Å². The van der Waals surface area contributed by atoms with Crippen molar-refractivity contribution in [2.45, 2.75) is 26.3 Å². The number of amides is 1. The Morgan fingerprint density at radius 2 is 2.26 bits per heavy atom. The van der Waals surface area contributed by atoms with E-state index in [1.165, 1.54) is 0 Å². The van der Waals surface area contributed by atoms with Gasteiger partial charge in [0.25, 0.3) is 0 Å². The second-order valence-electron chi connectivity index (χ2n) is 4.54. The molecule has 0 fully saturated rings. The number of carbonyl (C=O) groups excluding carboxylic acids is 1. The molecule has 100 valence electrons. The molecule has 19 heavy (non-hydrogen) atoms. The van der Waals surface area contributed by atoms with Crippen LogP contribution < -0.4 is 11.1 Å². The number of carbonyl (C=O) groups is 1. The van der Waals surface area contributed by atoms with E-state index in [2.05, 4.69) is 10.5 Å². The molecule has 1 unspecified atom stereocenters. The maximum absolute atomic E-state index is 12.0. The molecule has 1 aromatic carbocycles. The molecule has 0 aliphatic heterocycles. The number of aryl methyl sites for hydroxylation is 1. The summed E-state index contributed by atoms with van der Waals surface area (Å²) < 4.78 is 4.94. The van der Waals surface area contributed by atoms with Gasteiger partial charge in [-0.05, 0) is 31.5 Å². The van der Waals surface area contributed by atoms with Crippen molar-refractivity contribution in [3.63, 3.8) is 0 Å². The van der Waals surface area contributed by atoms with Gasteiger partial charge in [0, 0.05) is 11.8 Å². The summed E-state index contributed by atoms with van der Waals surface area (Å²) in [4.78, 5) is 12.0. The van der Waals surface area contributed by atoms with Gasteiger partial charge in [-0.2, -0.15) is 0 Å². The van der Waals surface area contributed by atoms with Gasteiger partial charge >= 0.3 is 0 Å². The van der Waals surface area contributed by atoms with Crippen LogP contribution in [0.25, 0.3) is 0 Å². The molecule has 5 heteroatoms. The first kappa shape index (κ1) is 13.1. The first-order valence-corrected chi connectivity index (χ1v) is 6.11. The molecule has 0 radical (unpaired) electrons. The molecule has 0 aliphatic rings. The zero-order valence-corrected chi connectivity index (χ0v) is 11.0. The molecule has 3 N–H and O–H groups in total. The third-order valence-corrected chi connectivity index (χ3v) is 2.92. The predicted octanol–water partition coefficient (Wildman–Crippen LogP) is 1.99. The number of hydrogen-bond acceptors (Lipinski definition) is 4. The quantitative estimate of drug-likeness (QED) is 0.823. The highest BCUT2D eigenvalue weighted by atomic mass is 16.5. The Balaban J connectivity index is 1.96. The Labute approximate surface area is 111 Å². The van der Waals surface area contributed by atoms with E-state index in [0.717, 1.165) is 11.3 Å². The minimum absolute atomic E-state index is 0.0637. The van der Waals surface area contributed by atoms with E-state index >= 15 is 0 Å². The van der Waals surface area contributed by atoms with Gasteiger partial charge < -0.3 is 15.6 Å². The van der Waals surface area contributed by atoms with Gasteiger partial charge in [0.1, 0.15) is 11.5 Å². The Morgan fingerprint density at radius 3 is 2.89 bits per heavy atom. The summed E-state index contributed by atoms with van der Waals surface area (Å²) in [5.41, 5.74) is 7.98. The van der Waals surface area contributed by atoms with E-state index in [9.17, 15) is 4.79 Å². The zero-order chi connectivity index (χ0) is 13.8. The summed E-state index contributed by atoms with van der Waals surface area (Å²) in [6, 6.07) is 9.14. The van der Waals surface area contributed by atoms with Crippen molar-refractivity contribution in [1.29, 1.82) is 0 Å². The fourth-order valence-electron chi connectivity index (χ4n) is 1.81. The van der Waals surface area contributed by atoms with Crippen molar-refractivity contribution < 1.29 is 9.32 Å². The molecule has 5 nitrogen and oxygen atoms in total. The highest BCUT2D eigenvalue weighted by molar-refractivity contribution is 5.83. The van der Waals surface area contributed by atoms with Crippen LogP contribution >= 0.6 is 0 Å². The average Bonchev–Trinajstić information content (AvgIpc) is 2.81. The first-order chi connectivity index (χ1) is 9.06. The highest BCUT2D eigenvalue weighted by Crippen LogP contribution is 2.17. The van der Waals surface area contributed by atoms with Crippen molar-refractivity contribution in [2.75, 3.05) is 5.73 Å². The summed E-state index contributed by atoms with van der Waals surface area (Å²) >= 11 is 0. The molecule has 2 rings (SSSR count). The molecule has 0 bridgehead atoms. The fourth-order valence-corrected chi connectivity index (χ4v) is 1.81. The number of nitrogens with one attached hydrogen (secondary N) is 1. The minimum Gasteiger partial charge on any atom is -0.399 e. The number of anilines is 1. The predicted molar refractivity (Wildman–Crippen MR) is 72.4 cm³/mol. The molecule has 1 amide bonds. The SMILES string of the molecule is Cc1cc(CNC(=O)C(C)c2cccc(N)c2)no1. The van der Waals surface area contributed by atoms with Gasteiger partial charge in [-0.25, -0.2) is 0 Å². The number of hydrogen-bond donors (Lipinski definition) is 2. The lowest BCUT2D eigenvalue weighted by molar-refractivity contribution is -0.122. The molecule has 0 spiro atoms. The monoisotopic (exact) mass is 259 g/mol. The van der Waals surface area contributed by atoms with Crippen LogP contribution in [-0.4, -0.2) is 11.1 Å². The van der Waals surface area contributed by atoms with E-state index in [1.54, 1.807) is 12.1 Å². The Kier molecular flexibility index (Phi) is 3.85. The minimum atomic E-state index is -0.253. The first-order valence-electron chi connectivity index (χ1n) is 6.11. The lowest BCUT2D eigenvalue weighted by Crippen LogP contribution is -2.27. The van der Waals surface area contributed by atoms with Gasteiger partial charge in [-0.1, -0.05) is 17.3 Å². The number of nitrogens with two attached hydrogens (primary N) is 1. The second-order valence-corrected chi connectivity index (χ2v) is 4.54. The lowest BCUT2D eigenvalue weighted by Gasteiger charge is -2.12. The summed E-state index contributed by atoms with van der Waals surface area (Å²) in [5.74, 6) is 0.413. The van der Waals surface area contributed by atoms with Crippen LogP contribution in [0.3, 0.4) is 0 Å². The molecule has 1 heterocycles. The van der Waals surface area contributed by atoms with Gasteiger partial charge in [0.15, 0.2) is 0 Å². The lowest BCUT2D eigenvalue weighted by atomic mass is 10.00. The summed E-state index contributed by atoms with van der Waals surface area (Å²) in [7, 11) is 0. The Bertz CT molecular complexity index is 578. The highest BCUT2D eigenvalue weighted by Gasteiger charge is 2.15. The van der Waals surface area contributed by atoms with Gasteiger partial charge in [0.05, 0.1) is 12.5 Å². The van der Waals surface area contributed by atoms with Crippen LogP contribution in [0.15, 0.2) is 34.9 Å². The fraction of sp³-hybridized carbons (Fsp3) is 0.286. The summed E-state index contributed by atoms with van der Waals surface area (Å²) in [6.07, 6.45) is 0. The van der Waals surface area contributed by atoms with Crippen LogP contribution in [-0.2, 0) is 11.3 Å². The number of aromatic nitrogens is 1. The van der Waals surface area contributed by atoms with Crippen molar-refractivity contribution in [1.82, 2.24) is 10.5 Å². The molecule has 1 atom stereocenters. The second kappa shape index (κ2) is 5.56. The largest absolute Gasteiger partial charge is 0.399 e. The normalized spacial score (nSPS) is 12.1. The maximum atomic E-state index is 12.0. The van der Waals surface area contributed by atoms with Crippen LogP contribution in [0.2, 0.25) is 0 Å². The molecule has 0 saturated heterocycles. The molecule has 1 aromatic heterocycles. The van der Waals surface area contributed by atoms with Crippen LogP contribution in [0.5, 0.6) is 0 Å². The number of rotatable bonds is 4. The summed E-state index contributed by atoms with van der Waals surface area (Å²) in [5, 5.41) is 6.65. The van der Waals surface area contributed by atoms with Crippen LogP contribution in [0.4, 0.5) is 5.69 Å². The standard InChI is InChI=1S/C14H17N3O2/c1-9-6-13(17-19-9)8-16-14(18)10(2)11-4-3-5-12(15)7-11/h3-7,10H,8,15H2,1-2H3,(H,16,18). The number of nitrogens with zero attached hydrogens (tertiary/aromatic N) is 1. The van der Waals surface area contributed by atoms with E-state index < -0.39 is 0 Å². The van der Waals surface area contributed by atoms with Crippen molar-refractivity contribution in [3.8, 4) is 0 Å². The van der Waals surface area contributed by atoms with Crippen LogP contribution in [0, 0.1) is 6.92 Å². The topological polar surface area (TPSA) is 81.2 Å². The van der Waals surface area contributed by atoms with Gasteiger partial charge in [-0.15, -0.1) is 0 Å². The third-order valence-electron chi connectivity index (χ3n) is 2.92. The molecule has 2 aromatic rings. The van der Waals surface area contributed by atoms with Crippen molar-refractivity contribution in [3.05, 3.63) is 47.3 Å².